The van der Waals surface area contributed by atoms with E-state index < -0.39 is 0 Å². The van der Waals surface area contributed by atoms with Gasteiger partial charge in [-0.05, 0) is 54.3 Å². The highest BCUT2D eigenvalue weighted by Gasteiger charge is 2.33. The molecule has 2 saturated heterocycles. The molecule has 8 heteroatoms. The highest BCUT2D eigenvalue weighted by molar-refractivity contribution is 6.30. The molecule has 2 aliphatic heterocycles. The van der Waals surface area contributed by atoms with Crippen LogP contribution in [0.25, 0.3) is 0 Å². The molecule has 30 heavy (non-hydrogen) atoms. The molecular weight excluding hydrogens is 400 g/mol. The molecule has 2 aliphatic rings. The quantitative estimate of drug-likeness (QED) is 0.692. The van der Waals surface area contributed by atoms with Crippen LogP contribution in [0.1, 0.15) is 56.5 Å². The van der Waals surface area contributed by atoms with E-state index in [1.165, 1.54) is 24.1 Å². The summed E-state index contributed by atoms with van der Waals surface area (Å²) < 4.78 is 7.84. The van der Waals surface area contributed by atoms with Gasteiger partial charge in [-0.3, -0.25) is 0 Å². The summed E-state index contributed by atoms with van der Waals surface area (Å²) in [5.41, 5.74) is 2.54. The molecule has 2 fully saturated rings. The number of rotatable bonds is 8. The van der Waals surface area contributed by atoms with Gasteiger partial charge in [0.2, 0.25) is 5.82 Å². The van der Waals surface area contributed by atoms with Crippen molar-refractivity contribution in [3.8, 4) is 0 Å². The Kier molecular flexibility index (Phi) is 7.23. The molecule has 1 aromatic heterocycles. The number of aryl methyl sites for hydroxylation is 1. The van der Waals surface area contributed by atoms with Gasteiger partial charge in [0.1, 0.15) is 6.04 Å². The zero-order valence-electron chi connectivity index (χ0n) is 18.2. The number of aromatic nitrogens is 4. The number of nitrogens with zero attached hydrogens (tertiary/aromatic N) is 5. The van der Waals surface area contributed by atoms with Crippen molar-refractivity contribution in [2.45, 2.75) is 64.6 Å². The lowest BCUT2D eigenvalue weighted by Crippen LogP contribution is -3.15. The fourth-order valence-electron chi connectivity index (χ4n) is 4.80. The van der Waals surface area contributed by atoms with Crippen molar-refractivity contribution in [3.05, 3.63) is 34.6 Å². The summed E-state index contributed by atoms with van der Waals surface area (Å²) in [4.78, 5) is 4.06. The molecule has 7 nitrogen and oxygen atoms in total. The van der Waals surface area contributed by atoms with Crippen molar-refractivity contribution in [1.29, 1.82) is 0 Å². The van der Waals surface area contributed by atoms with Gasteiger partial charge in [-0.15, -0.1) is 5.10 Å². The summed E-state index contributed by atoms with van der Waals surface area (Å²) in [7, 11) is 0. The second kappa shape index (κ2) is 10.1. The maximum atomic E-state index is 6.26. The number of unbranched alkanes of at least 4 members (excludes halogenated alkanes) is 1. The number of tetrazole rings is 1. The average Bonchev–Trinajstić information content (AvgIpc) is 3.44. The molecule has 0 radical (unpaired) electrons. The van der Waals surface area contributed by atoms with E-state index in [1.807, 2.05) is 10.7 Å². The normalized spacial score (nSPS) is 21.3. The number of quaternary nitrogens is 1. The van der Waals surface area contributed by atoms with Crippen LogP contribution in [-0.2, 0) is 11.3 Å². The first-order valence-electron chi connectivity index (χ1n) is 11.4. The SMILES string of the molecule is CCCC[C@H](c1nnnn1C[C@@H]1CCCO1)[NH+]1CCN(c2cc(Cl)ccc2C)CC1. The van der Waals surface area contributed by atoms with E-state index in [4.69, 9.17) is 16.3 Å². The summed E-state index contributed by atoms with van der Waals surface area (Å²) in [5.74, 6) is 1.03. The lowest BCUT2D eigenvalue weighted by atomic mass is 10.1. The highest BCUT2D eigenvalue weighted by Crippen LogP contribution is 2.25. The van der Waals surface area contributed by atoms with Crippen LogP contribution in [0, 0.1) is 6.92 Å². The first-order chi connectivity index (χ1) is 14.7. The van der Waals surface area contributed by atoms with E-state index in [-0.39, 0.29) is 6.10 Å². The number of anilines is 1. The fraction of sp³-hybridized carbons (Fsp3) is 0.682. The van der Waals surface area contributed by atoms with Crippen molar-refractivity contribution < 1.29 is 9.64 Å². The molecule has 3 heterocycles. The number of benzene rings is 1. The summed E-state index contributed by atoms with van der Waals surface area (Å²) in [6, 6.07) is 6.51. The number of nitrogens with one attached hydrogen (secondary N) is 1. The van der Waals surface area contributed by atoms with Crippen molar-refractivity contribution in [1.82, 2.24) is 20.2 Å². The second-order valence-corrected chi connectivity index (χ2v) is 9.06. The first kappa shape index (κ1) is 21.5. The first-order valence-corrected chi connectivity index (χ1v) is 11.8. The van der Waals surface area contributed by atoms with Crippen LogP contribution in [0.5, 0.6) is 0 Å². The van der Waals surface area contributed by atoms with E-state index in [0.29, 0.717) is 6.04 Å². The Hall–Kier alpha value is -1.70. The van der Waals surface area contributed by atoms with E-state index in [2.05, 4.69) is 46.4 Å². The van der Waals surface area contributed by atoms with Gasteiger partial charge in [-0.25, -0.2) is 4.68 Å². The molecule has 0 saturated carbocycles. The minimum Gasteiger partial charge on any atom is -0.376 e. The monoisotopic (exact) mass is 433 g/mol. The van der Waals surface area contributed by atoms with Gasteiger partial charge in [0.25, 0.3) is 0 Å². The van der Waals surface area contributed by atoms with Gasteiger partial charge in [0.05, 0.1) is 38.8 Å². The van der Waals surface area contributed by atoms with E-state index in [1.54, 1.807) is 4.90 Å². The van der Waals surface area contributed by atoms with Gasteiger partial charge in [0, 0.05) is 23.7 Å². The van der Waals surface area contributed by atoms with Gasteiger partial charge in [-0.2, -0.15) is 0 Å². The maximum Gasteiger partial charge on any atom is 0.209 e. The zero-order valence-corrected chi connectivity index (χ0v) is 18.9. The van der Waals surface area contributed by atoms with Crippen LogP contribution in [0.2, 0.25) is 5.02 Å². The third-order valence-corrected chi connectivity index (χ3v) is 6.76. The standard InChI is InChI=1S/C22H33ClN6O/c1-3-4-7-20(22-24-25-26-29(22)16-19-6-5-14-30-19)27-10-12-28(13-11-27)21-15-18(23)9-8-17(21)2/h8-9,15,19-20H,3-7,10-14,16H2,1-2H3/p+1/t19-,20+/m0/s1. The molecule has 0 aliphatic carbocycles. The number of piperazine rings is 1. The summed E-state index contributed by atoms with van der Waals surface area (Å²) in [5, 5.41) is 13.7. The second-order valence-electron chi connectivity index (χ2n) is 8.63. The molecule has 0 bridgehead atoms. The molecule has 0 spiro atoms. The number of ether oxygens (including phenoxy) is 1. The zero-order chi connectivity index (χ0) is 20.9. The molecule has 0 amide bonds. The molecule has 0 unspecified atom stereocenters. The molecule has 1 N–H and O–H groups in total. The van der Waals surface area contributed by atoms with E-state index in [9.17, 15) is 0 Å². The number of halogens is 1. The predicted octanol–water partition coefficient (Wildman–Crippen LogP) is 2.45. The Morgan fingerprint density at radius 2 is 2.13 bits per heavy atom. The largest absolute Gasteiger partial charge is 0.376 e. The molecular formula is C22H34ClN6O+. The smallest absolute Gasteiger partial charge is 0.209 e. The lowest BCUT2D eigenvalue weighted by molar-refractivity contribution is -0.933. The Morgan fingerprint density at radius 1 is 1.30 bits per heavy atom. The summed E-state index contributed by atoms with van der Waals surface area (Å²) in [6.07, 6.45) is 5.98. The van der Waals surface area contributed by atoms with Gasteiger partial charge < -0.3 is 14.5 Å². The minimum absolute atomic E-state index is 0.247. The summed E-state index contributed by atoms with van der Waals surface area (Å²) >= 11 is 6.26. The van der Waals surface area contributed by atoms with Crippen LogP contribution >= 0.6 is 11.6 Å². The van der Waals surface area contributed by atoms with E-state index >= 15 is 0 Å². The third-order valence-electron chi connectivity index (χ3n) is 6.53. The van der Waals surface area contributed by atoms with Crippen molar-refractivity contribution in [2.75, 3.05) is 37.7 Å². The van der Waals surface area contributed by atoms with Gasteiger partial charge >= 0.3 is 0 Å². The van der Waals surface area contributed by atoms with Crippen LogP contribution in [0.3, 0.4) is 0 Å². The topological polar surface area (TPSA) is 60.5 Å². The number of hydrogen-bond donors (Lipinski definition) is 1. The van der Waals surface area contributed by atoms with Crippen molar-refractivity contribution in [3.63, 3.8) is 0 Å². The Bertz CT molecular complexity index is 814. The molecule has 2 aromatic rings. The number of hydrogen-bond acceptors (Lipinski definition) is 5. The molecule has 2 atom stereocenters. The van der Waals surface area contributed by atoms with Crippen LogP contribution in [0.4, 0.5) is 5.69 Å². The summed E-state index contributed by atoms with van der Waals surface area (Å²) in [6.45, 7) is 10.2. The minimum atomic E-state index is 0.247. The van der Waals surface area contributed by atoms with Gasteiger partial charge in [0.15, 0.2) is 0 Å². The molecule has 4 rings (SSSR count). The molecule has 1 aromatic carbocycles. The molecule has 164 valence electrons. The van der Waals surface area contributed by atoms with Crippen LogP contribution in [0.15, 0.2) is 18.2 Å². The average molecular weight is 434 g/mol. The Labute approximate surface area is 184 Å². The van der Waals surface area contributed by atoms with E-state index in [0.717, 1.165) is 69.4 Å². The Balaban J connectivity index is 1.46. The third kappa shape index (κ3) is 4.95. The lowest BCUT2D eigenvalue weighted by Gasteiger charge is -2.37. The van der Waals surface area contributed by atoms with Crippen LogP contribution < -0.4 is 9.80 Å². The van der Waals surface area contributed by atoms with Gasteiger partial charge in [-0.1, -0.05) is 31.0 Å². The fourth-order valence-corrected chi connectivity index (χ4v) is 4.97. The van der Waals surface area contributed by atoms with Crippen molar-refractivity contribution in [2.24, 2.45) is 0 Å². The van der Waals surface area contributed by atoms with Crippen molar-refractivity contribution >= 4 is 17.3 Å². The van der Waals surface area contributed by atoms with Crippen LogP contribution in [-0.4, -0.2) is 59.1 Å². The predicted molar refractivity (Wildman–Crippen MR) is 118 cm³/mol. The highest BCUT2D eigenvalue weighted by atomic mass is 35.5. The maximum absolute atomic E-state index is 6.26. The Morgan fingerprint density at radius 3 is 2.87 bits per heavy atom.